The average molecular weight is 878 g/mol. The smallest absolute Gasteiger partial charge is 0.252 e. The summed E-state index contributed by atoms with van der Waals surface area (Å²) >= 11 is 0. The van der Waals surface area contributed by atoms with Crippen LogP contribution in [0.25, 0.3) is 0 Å². The third kappa shape index (κ3) is 5.65. The van der Waals surface area contributed by atoms with Gasteiger partial charge in [-0.15, -0.1) is 0 Å². The first-order valence-electron chi connectivity index (χ1n) is 26.0. The van der Waals surface area contributed by atoms with Crippen molar-refractivity contribution in [2.24, 2.45) is 21.7 Å². The van der Waals surface area contributed by atoms with Crippen LogP contribution in [0, 0.1) is 21.7 Å². The Labute approximate surface area is 401 Å². The molecule has 2 unspecified atom stereocenters. The molecule has 6 aromatic carbocycles. The Morgan fingerprint density at radius 3 is 1.31 bits per heavy atom. The molecule has 0 aromatic heterocycles. The second-order valence-electron chi connectivity index (χ2n) is 26.7. The lowest BCUT2D eigenvalue weighted by atomic mass is 9.33. The number of fused-ring (bicyclic) bond motifs is 11. The maximum Gasteiger partial charge on any atom is 0.252 e. The molecule has 4 heteroatoms. The molecule has 3 heterocycles. The van der Waals surface area contributed by atoms with E-state index in [1.807, 2.05) is 0 Å². The molecule has 0 N–H and O–H groups in total. The SMILES string of the molecule is CC1(C)Cc2ccc(N3c4cc5c(cc4B4c6cc7c(cc6N(c6ccc8c(c6)CC(C)(C)C8)c6cc(N8c9ccccc9C9(C)CCCC89C)cc3c64)CC(C)(C)C7)CC(C)(C)C5)cc2C1. The fourth-order valence-corrected chi connectivity index (χ4v) is 16.1. The molecule has 0 bridgehead atoms. The number of nitrogens with zero attached hydrogens (tertiary/aromatic N) is 3. The van der Waals surface area contributed by atoms with Crippen LogP contribution in [0.15, 0.2) is 97.1 Å². The van der Waals surface area contributed by atoms with Gasteiger partial charge in [0.2, 0.25) is 0 Å². The van der Waals surface area contributed by atoms with Gasteiger partial charge in [-0.05, 0) is 214 Å². The summed E-state index contributed by atoms with van der Waals surface area (Å²) in [6.07, 6.45) is 12.7. The molecule has 8 aliphatic rings. The summed E-state index contributed by atoms with van der Waals surface area (Å²) in [7, 11) is 0. The van der Waals surface area contributed by atoms with Gasteiger partial charge < -0.3 is 14.7 Å². The van der Waals surface area contributed by atoms with Crippen LogP contribution >= 0.6 is 0 Å². The summed E-state index contributed by atoms with van der Waals surface area (Å²) in [5, 5.41) is 0. The minimum Gasteiger partial charge on any atom is -0.334 e. The van der Waals surface area contributed by atoms with Gasteiger partial charge in [0.1, 0.15) is 0 Å². The summed E-state index contributed by atoms with van der Waals surface area (Å²) in [5.74, 6) is 0. The van der Waals surface area contributed by atoms with E-state index in [0.717, 1.165) is 51.4 Å². The number of anilines is 8. The first-order valence-corrected chi connectivity index (χ1v) is 26.0. The van der Waals surface area contributed by atoms with Crippen LogP contribution in [0.3, 0.4) is 0 Å². The number of rotatable bonds is 3. The molecule has 3 nitrogen and oxygen atoms in total. The summed E-state index contributed by atoms with van der Waals surface area (Å²) < 4.78 is 0. The highest BCUT2D eigenvalue weighted by molar-refractivity contribution is 7.00. The minimum atomic E-state index is -0.0526. The molecule has 67 heavy (non-hydrogen) atoms. The standard InChI is InChI=1S/C63H68BN3/c1-58(2)30-38-16-18-46(22-40(38)32-58)65-53-26-44-36-60(5,6)34-42(44)24-50(53)64-51-25-43-35-61(7,8)37-45(43)27-54(51)66(47-19-17-39-31-59(3,4)33-41(39)23-47)56-29-48(28-55(65)57(56)64)67-52-15-12-11-14-49(52)62(9)20-13-21-63(62,67)10/h11-12,14-19,22-29H,13,20-21,30-37H2,1-10H3. The Hall–Kier alpha value is -5.22. The molecular weight excluding hydrogens is 810 g/mol. The van der Waals surface area contributed by atoms with E-state index >= 15 is 0 Å². The number of hydrogen-bond acceptors (Lipinski definition) is 3. The van der Waals surface area contributed by atoms with E-state index < -0.39 is 0 Å². The molecule has 6 aromatic rings. The fraction of sp³-hybridized carbons (Fsp3) is 0.429. The Bertz CT molecular complexity index is 3030. The van der Waals surface area contributed by atoms with Crippen LogP contribution in [0.4, 0.5) is 45.5 Å². The van der Waals surface area contributed by atoms with Gasteiger partial charge in [-0.25, -0.2) is 0 Å². The minimum absolute atomic E-state index is 0.0526. The molecule has 14 rings (SSSR count). The van der Waals surface area contributed by atoms with E-state index in [2.05, 4.69) is 181 Å². The maximum atomic E-state index is 2.83. The van der Waals surface area contributed by atoms with Gasteiger partial charge in [-0.3, -0.25) is 0 Å². The van der Waals surface area contributed by atoms with Gasteiger partial charge in [0.15, 0.2) is 0 Å². The predicted octanol–water partition coefficient (Wildman–Crippen LogP) is 13.6. The van der Waals surface area contributed by atoms with E-state index in [-0.39, 0.29) is 39.3 Å². The monoisotopic (exact) mass is 878 g/mol. The number of hydrogen-bond donors (Lipinski definition) is 0. The van der Waals surface area contributed by atoms with Crippen LogP contribution in [0.5, 0.6) is 0 Å². The maximum absolute atomic E-state index is 2.83. The molecule has 1 saturated carbocycles. The van der Waals surface area contributed by atoms with E-state index in [9.17, 15) is 0 Å². The van der Waals surface area contributed by atoms with Crippen molar-refractivity contribution in [1.82, 2.24) is 0 Å². The van der Waals surface area contributed by atoms with Crippen LogP contribution < -0.4 is 31.1 Å². The summed E-state index contributed by atoms with van der Waals surface area (Å²) in [4.78, 5) is 8.35. The molecule has 338 valence electrons. The number of para-hydroxylation sites is 1. The van der Waals surface area contributed by atoms with Crippen molar-refractivity contribution in [2.75, 3.05) is 14.7 Å². The average Bonchev–Trinajstić information content (AvgIpc) is 4.04. The Morgan fingerprint density at radius 1 is 0.388 bits per heavy atom. The van der Waals surface area contributed by atoms with Crippen molar-refractivity contribution in [2.45, 2.75) is 151 Å². The highest BCUT2D eigenvalue weighted by Crippen LogP contribution is 2.63. The first kappa shape index (κ1) is 40.8. The summed E-state index contributed by atoms with van der Waals surface area (Å²) in [6.45, 7) is 25.0. The van der Waals surface area contributed by atoms with Crippen molar-refractivity contribution in [3.63, 3.8) is 0 Å². The van der Waals surface area contributed by atoms with E-state index in [0.29, 0.717) is 0 Å². The van der Waals surface area contributed by atoms with Gasteiger partial charge in [0, 0.05) is 50.9 Å². The van der Waals surface area contributed by atoms with Crippen LogP contribution in [-0.2, 0) is 56.8 Å². The van der Waals surface area contributed by atoms with Gasteiger partial charge in [0.05, 0.1) is 5.54 Å². The zero-order valence-electron chi connectivity index (χ0n) is 41.9. The molecule has 5 aliphatic carbocycles. The lowest BCUT2D eigenvalue weighted by molar-refractivity contribution is 0.330. The van der Waals surface area contributed by atoms with Crippen molar-refractivity contribution in [3.8, 4) is 0 Å². The van der Waals surface area contributed by atoms with E-state index in [1.54, 1.807) is 11.1 Å². The molecule has 0 amide bonds. The van der Waals surface area contributed by atoms with Crippen LogP contribution in [0.2, 0.25) is 0 Å². The molecule has 3 aliphatic heterocycles. The molecular formula is C63H68BN3. The predicted molar refractivity (Wildman–Crippen MR) is 283 cm³/mol. The zero-order chi connectivity index (χ0) is 45.9. The second-order valence-corrected chi connectivity index (χ2v) is 26.7. The topological polar surface area (TPSA) is 9.72 Å². The molecule has 2 atom stereocenters. The van der Waals surface area contributed by atoms with Gasteiger partial charge in [-0.2, -0.15) is 0 Å². The third-order valence-electron chi connectivity index (χ3n) is 19.0. The highest BCUT2D eigenvalue weighted by Gasteiger charge is 2.60. The second kappa shape index (κ2) is 12.9. The number of benzene rings is 6. The normalized spacial score (nSPS) is 25.3. The summed E-state index contributed by atoms with van der Waals surface area (Å²) in [5.41, 5.74) is 30.0. The lowest BCUT2D eigenvalue weighted by Gasteiger charge is -2.47. The Kier molecular flexibility index (Phi) is 7.86. The quantitative estimate of drug-likeness (QED) is 0.164. The van der Waals surface area contributed by atoms with E-state index in [1.165, 1.54) is 120 Å². The third-order valence-corrected chi connectivity index (χ3v) is 19.0. The zero-order valence-corrected chi connectivity index (χ0v) is 41.9. The van der Waals surface area contributed by atoms with E-state index in [4.69, 9.17) is 0 Å². The van der Waals surface area contributed by atoms with Crippen LogP contribution in [0.1, 0.15) is 139 Å². The molecule has 0 spiro atoms. The van der Waals surface area contributed by atoms with Crippen molar-refractivity contribution >= 4 is 68.6 Å². The van der Waals surface area contributed by atoms with Gasteiger partial charge >= 0.3 is 0 Å². The largest absolute Gasteiger partial charge is 0.334 e. The van der Waals surface area contributed by atoms with Crippen molar-refractivity contribution in [1.29, 1.82) is 0 Å². The van der Waals surface area contributed by atoms with Crippen molar-refractivity contribution in [3.05, 3.63) is 147 Å². The highest BCUT2D eigenvalue weighted by atomic mass is 15.3. The Morgan fingerprint density at radius 2 is 0.821 bits per heavy atom. The molecule has 1 fully saturated rings. The van der Waals surface area contributed by atoms with Gasteiger partial charge in [0.25, 0.3) is 6.71 Å². The van der Waals surface area contributed by atoms with Crippen molar-refractivity contribution < 1.29 is 0 Å². The lowest BCUT2D eigenvalue weighted by Crippen LogP contribution is -2.61. The fourth-order valence-electron chi connectivity index (χ4n) is 16.1. The van der Waals surface area contributed by atoms with Gasteiger partial charge in [-0.1, -0.05) is 111 Å². The molecule has 0 radical (unpaired) electrons. The summed E-state index contributed by atoms with van der Waals surface area (Å²) in [6, 6.07) is 40.6. The first-order chi connectivity index (χ1) is 31.8. The molecule has 0 saturated heterocycles. The Balaban J connectivity index is 1.10. The van der Waals surface area contributed by atoms with Crippen LogP contribution in [-0.4, -0.2) is 12.3 Å².